The molecule has 4 nitrogen and oxygen atoms in total. The van der Waals surface area contributed by atoms with E-state index >= 15 is 4.39 Å². The Bertz CT molecular complexity index is 672. The van der Waals surface area contributed by atoms with Crippen molar-refractivity contribution in [1.29, 1.82) is 0 Å². The fourth-order valence-corrected chi connectivity index (χ4v) is 6.20. The van der Waals surface area contributed by atoms with Gasteiger partial charge in [0.25, 0.3) is 0 Å². The van der Waals surface area contributed by atoms with Gasteiger partial charge in [-0.25, -0.2) is 9.18 Å². The monoisotopic (exact) mass is 351 g/mol. The highest BCUT2D eigenvalue weighted by atomic mass is 32.1. The van der Waals surface area contributed by atoms with Gasteiger partial charge < -0.3 is 10.1 Å². The fraction of sp³-hybridized carbons (Fsp3) is 0.667. The maximum Gasteiger partial charge on any atom is 0.341 e. The minimum absolute atomic E-state index is 0.119. The number of carbonyl (C=O) groups is 2. The van der Waals surface area contributed by atoms with E-state index in [2.05, 4.69) is 5.32 Å². The summed E-state index contributed by atoms with van der Waals surface area (Å²) in [5.41, 5.74) is -1.38. The van der Waals surface area contributed by atoms with Gasteiger partial charge in [0.05, 0.1) is 17.6 Å². The van der Waals surface area contributed by atoms with Crippen LogP contribution in [0.15, 0.2) is 11.4 Å². The molecule has 4 aliphatic rings. The topological polar surface area (TPSA) is 55.4 Å². The molecule has 4 fully saturated rings. The van der Waals surface area contributed by atoms with Crippen LogP contribution in [0.1, 0.15) is 55.8 Å². The summed E-state index contributed by atoms with van der Waals surface area (Å²) >= 11 is 1.31. The number of rotatable bonds is 4. The van der Waals surface area contributed by atoms with Crippen LogP contribution in [0.5, 0.6) is 0 Å². The molecule has 130 valence electrons. The predicted octanol–water partition coefficient (Wildman–Crippen LogP) is 4.17. The van der Waals surface area contributed by atoms with Gasteiger partial charge in [0.1, 0.15) is 10.7 Å². The molecular weight excluding hydrogens is 329 g/mol. The molecule has 2 unspecified atom stereocenters. The third kappa shape index (κ3) is 2.55. The van der Waals surface area contributed by atoms with Crippen molar-refractivity contribution in [3.8, 4) is 0 Å². The van der Waals surface area contributed by atoms with Gasteiger partial charge in [-0.15, -0.1) is 11.3 Å². The molecule has 0 aliphatic heterocycles. The number of amides is 1. The summed E-state index contributed by atoms with van der Waals surface area (Å²) < 4.78 is 20.1. The van der Waals surface area contributed by atoms with E-state index in [-0.39, 0.29) is 5.91 Å². The lowest BCUT2D eigenvalue weighted by Crippen LogP contribution is -2.57. The predicted molar refractivity (Wildman–Crippen MR) is 89.9 cm³/mol. The Morgan fingerprint density at radius 3 is 2.67 bits per heavy atom. The molecular formula is C18H22FNO3S. The van der Waals surface area contributed by atoms with E-state index in [4.69, 9.17) is 4.74 Å². The summed E-state index contributed by atoms with van der Waals surface area (Å²) in [5, 5.41) is 5.19. The van der Waals surface area contributed by atoms with Crippen LogP contribution in [0.4, 0.5) is 9.39 Å². The molecule has 0 saturated heterocycles. The number of alkyl halides is 1. The van der Waals surface area contributed by atoms with Crippen molar-refractivity contribution in [2.24, 2.45) is 17.3 Å². The molecule has 24 heavy (non-hydrogen) atoms. The minimum atomic E-state index is -1.17. The first kappa shape index (κ1) is 16.1. The second-order valence-electron chi connectivity index (χ2n) is 7.73. The molecule has 0 spiro atoms. The molecule has 4 bridgehead atoms. The van der Waals surface area contributed by atoms with Crippen molar-refractivity contribution >= 4 is 28.2 Å². The zero-order valence-electron chi connectivity index (χ0n) is 13.8. The number of nitrogens with one attached hydrogen (secondary N) is 1. The van der Waals surface area contributed by atoms with E-state index in [1.54, 1.807) is 18.4 Å². The highest BCUT2D eigenvalue weighted by Gasteiger charge is 2.61. The van der Waals surface area contributed by atoms with Crippen molar-refractivity contribution in [3.05, 3.63) is 17.0 Å². The highest BCUT2D eigenvalue weighted by molar-refractivity contribution is 7.14. The number of halogens is 1. The number of hydrogen-bond acceptors (Lipinski definition) is 4. The molecule has 0 radical (unpaired) electrons. The Hall–Kier alpha value is -1.43. The number of esters is 1. The quantitative estimate of drug-likeness (QED) is 0.828. The SMILES string of the molecule is CCOC(=O)c1ccsc1NC(=O)C12CC3CC(CC(F)(C3)C1)C2. The summed E-state index contributed by atoms with van der Waals surface area (Å²) in [6.45, 7) is 2.04. The average molecular weight is 351 g/mol. The first-order valence-electron chi connectivity index (χ1n) is 8.68. The van der Waals surface area contributed by atoms with Gasteiger partial charge >= 0.3 is 5.97 Å². The third-order valence-electron chi connectivity index (χ3n) is 5.86. The zero-order chi connectivity index (χ0) is 16.9. The summed E-state index contributed by atoms with van der Waals surface area (Å²) in [6.07, 6.45) is 4.19. The molecule has 1 aromatic rings. The lowest BCUT2D eigenvalue weighted by Gasteiger charge is -2.58. The van der Waals surface area contributed by atoms with Gasteiger partial charge in [0.15, 0.2) is 0 Å². The first-order valence-corrected chi connectivity index (χ1v) is 9.56. The van der Waals surface area contributed by atoms with Gasteiger partial charge in [-0.3, -0.25) is 4.79 Å². The van der Waals surface area contributed by atoms with Crippen LogP contribution in [0.3, 0.4) is 0 Å². The first-order chi connectivity index (χ1) is 11.4. The van der Waals surface area contributed by atoms with Crippen molar-refractivity contribution in [2.45, 2.75) is 51.1 Å². The van der Waals surface area contributed by atoms with Gasteiger partial charge in [-0.1, -0.05) is 0 Å². The summed E-state index contributed by atoms with van der Waals surface area (Å²) in [4.78, 5) is 25.0. The number of ether oxygens (including phenoxy) is 1. The summed E-state index contributed by atoms with van der Waals surface area (Å²) in [5.74, 6) is 0.109. The normalized spacial score (nSPS) is 36.6. The third-order valence-corrected chi connectivity index (χ3v) is 6.69. The van der Waals surface area contributed by atoms with Crippen molar-refractivity contribution in [1.82, 2.24) is 0 Å². The van der Waals surface area contributed by atoms with Gasteiger partial charge in [0, 0.05) is 0 Å². The van der Waals surface area contributed by atoms with E-state index in [9.17, 15) is 9.59 Å². The largest absolute Gasteiger partial charge is 0.462 e. The number of anilines is 1. The van der Waals surface area contributed by atoms with Crippen molar-refractivity contribution in [3.63, 3.8) is 0 Å². The van der Waals surface area contributed by atoms with Crippen LogP contribution in [-0.4, -0.2) is 24.2 Å². The molecule has 4 aliphatic carbocycles. The van der Waals surface area contributed by atoms with Crippen LogP contribution >= 0.6 is 11.3 Å². The van der Waals surface area contributed by atoms with E-state index in [0.29, 0.717) is 48.3 Å². The second-order valence-corrected chi connectivity index (χ2v) is 8.65. The molecule has 1 amide bonds. The Morgan fingerprint density at radius 2 is 2.04 bits per heavy atom. The fourth-order valence-electron chi connectivity index (χ4n) is 5.43. The Kier molecular flexibility index (Phi) is 3.71. The summed E-state index contributed by atoms with van der Waals surface area (Å²) in [7, 11) is 0. The molecule has 0 aromatic carbocycles. The molecule has 6 heteroatoms. The van der Waals surface area contributed by atoms with E-state index in [1.807, 2.05) is 0 Å². The van der Waals surface area contributed by atoms with Gasteiger partial charge in [0.2, 0.25) is 5.91 Å². The van der Waals surface area contributed by atoms with Crippen LogP contribution in [-0.2, 0) is 9.53 Å². The number of thiophene rings is 1. The lowest BCUT2D eigenvalue weighted by molar-refractivity contribution is -0.155. The number of hydrogen-bond donors (Lipinski definition) is 1. The van der Waals surface area contributed by atoms with E-state index in [0.717, 1.165) is 19.3 Å². The Morgan fingerprint density at radius 1 is 1.33 bits per heavy atom. The van der Waals surface area contributed by atoms with Crippen LogP contribution in [0.2, 0.25) is 0 Å². The van der Waals surface area contributed by atoms with Crippen molar-refractivity contribution in [2.75, 3.05) is 11.9 Å². The maximum atomic E-state index is 15.0. The molecule has 1 N–H and O–H groups in total. The van der Waals surface area contributed by atoms with E-state index in [1.165, 1.54) is 11.3 Å². The molecule has 1 heterocycles. The highest BCUT2D eigenvalue weighted by Crippen LogP contribution is 2.63. The maximum absolute atomic E-state index is 15.0. The lowest BCUT2D eigenvalue weighted by atomic mass is 9.48. The van der Waals surface area contributed by atoms with E-state index < -0.39 is 17.1 Å². The Balaban J connectivity index is 1.55. The second kappa shape index (κ2) is 5.55. The summed E-state index contributed by atoms with van der Waals surface area (Å²) in [6, 6.07) is 1.66. The number of carbonyl (C=O) groups excluding carboxylic acids is 2. The average Bonchev–Trinajstić information content (AvgIpc) is 2.93. The standard InChI is InChI=1S/C18H22FNO3S/c1-2-23-15(21)13-3-4-24-14(13)20-16(22)17-6-11-5-12(7-17)9-18(19,8-11)10-17/h3-4,11-12H,2,5-10H2,1H3,(H,20,22). The Labute approximate surface area is 144 Å². The van der Waals surface area contributed by atoms with Crippen molar-refractivity contribution < 1.29 is 18.7 Å². The molecule has 1 aromatic heterocycles. The minimum Gasteiger partial charge on any atom is -0.462 e. The van der Waals surface area contributed by atoms with Crippen LogP contribution in [0, 0.1) is 17.3 Å². The smallest absolute Gasteiger partial charge is 0.341 e. The molecule has 5 rings (SSSR count). The van der Waals surface area contributed by atoms with Crippen LogP contribution in [0.25, 0.3) is 0 Å². The van der Waals surface area contributed by atoms with Gasteiger partial charge in [-0.2, -0.15) is 0 Å². The molecule has 4 saturated carbocycles. The van der Waals surface area contributed by atoms with Crippen LogP contribution < -0.4 is 5.32 Å². The molecule has 2 atom stereocenters. The van der Waals surface area contributed by atoms with Gasteiger partial charge in [-0.05, 0) is 68.7 Å². The zero-order valence-corrected chi connectivity index (χ0v) is 14.6.